The second-order valence-corrected chi connectivity index (χ2v) is 6.00. The zero-order valence-corrected chi connectivity index (χ0v) is 12.7. The summed E-state index contributed by atoms with van der Waals surface area (Å²) in [5.74, 6) is 0. The minimum atomic E-state index is 0.588. The third-order valence-corrected chi connectivity index (χ3v) is 3.96. The normalized spacial score (nSPS) is 19.4. The van der Waals surface area contributed by atoms with Gasteiger partial charge in [0.15, 0.2) is 0 Å². The first-order valence-electron chi connectivity index (χ1n) is 7.01. The van der Waals surface area contributed by atoms with Crippen LogP contribution in [0.5, 0.6) is 0 Å². The minimum absolute atomic E-state index is 0.588. The standard InChI is InChI=1S/C15H24ClN3/c1-18(2)11-14-4-3-9-19(14)15-10-13(16)6-5-12(15)7-8-17/h5-6,10,14H,3-4,7-9,11,17H2,1-2H3. The van der Waals surface area contributed by atoms with E-state index in [1.807, 2.05) is 6.07 Å². The molecule has 0 bridgehead atoms. The summed E-state index contributed by atoms with van der Waals surface area (Å²) in [5.41, 5.74) is 8.32. The second kappa shape index (κ2) is 6.60. The Kier molecular flexibility index (Phi) is 5.08. The highest BCUT2D eigenvalue weighted by molar-refractivity contribution is 6.30. The number of likely N-dealkylation sites (N-methyl/N-ethyl adjacent to an activating group) is 1. The fourth-order valence-electron chi connectivity index (χ4n) is 2.94. The van der Waals surface area contributed by atoms with Crippen LogP contribution in [-0.2, 0) is 6.42 Å². The highest BCUT2D eigenvalue weighted by Gasteiger charge is 2.26. The smallest absolute Gasteiger partial charge is 0.0426 e. The maximum atomic E-state index is 6.18. The number of rotatable bonds is 5. The van der Waals surface area contributed by atoms with E-state index in [-0.39, 0.29) is 0 Å². The van der Waals surface area contributed by atoms with Gasteiger partial charge in [0.05, 0.1) is 0 Å². The van der Waals surface area contributed by atoms with Gasteiger partial charge < -0.3 is 15.5 Å². The van der Waals surface area contributed by atoms with Gasteiger partial charge in [-0.15, -0.1) is 0 Å². The SMILES string of the molecule is CN(C)CC1CCCN1c1cc(Cl)ccc1CCN. The first-order chi connectivity index (χ1) is 9.11. The fourth-order valence-corrected chi connectivity index (χ4v) is 3.10. The average Bonchev–Trinajstić information content (AvgIpc) is 2.79. The van der Waals surface area contributed by atoms with Gasteiger partial charge in [0.2, 0.25) is 0 Å². The van der Waals surface area contributed by atoms with Crippen LogP contribution in [-0.4, -0.2) is 44.7 Å². The lowest BCUT2D eigenvalue weighted by atomic mass is 10.1. The molecule has 0 aliphatic carbocycles. The summed E-state index contributed by atoms with van der Waals surface area (Å²) in [6.07, 6.45) is 3.43. The number of benzene rings is 1. The second-order valence-electron chi connectivity index (χ2n) is 5.56. The number of anilines is 1. The monoisotopic (exact) mass is 281 g/mol. The van der Waals surface area contributed by atoms with Gasteiger partial charge in [0.25, 0.3) is 0 Å². The number of halogens is 1. The molecule has 0 saturated carbocycles. The van der Waals surface area contributed by atoms with Crippen molar-refractivity contribution < 1.29 is 0 Å². The van der Waals surface area contributed by atoms with Crippen molar-refractivity contribution in [3.8, 4) is 0 Å². The number of hydrogen-bond donors (Lipinski definition) is 1. The van der Waals surface area contributed by atoms with Gasteiger partial charge in [0, 0.05) is 29.8 Å². The molecule has 4 heteroatoms. The zero-order chi connectivity index (χ0) is 13.8. The van der Waals surface area contributed by atoms with Crippen LogP contribution in [0.1, 0.15) is 18.4 Å². The van der Waals surface area contributed by atoms with Crippen molar-refractivity contribution in [2.24, 2.45) is 5.73 Å². The molecular weight excluding hydrogens is 258 g/mol. The first-order valence-corrected chi connectivity index (χ1v) is 7.39. The van der Waals surface area contributed by atoms with Crippen molar-refractivity contribution in [2.75, 3.05) is 38.6 Å². The Bertz CT molecular complexity index is 420. The van der Waals surface area contributed by atoms with Crippen molar-refractivity contribution in [3.63, 3.8) is 0 Å². The number of nitrogens with zero attached hydrogens (tertiary/aromatic N) is 2. The Morgan fingerprint density at radius 3 is 2.89 bits per heavy atom. The van der Waals surface area contributed by atoms with Crippen LogP contribution in [0.4, 0.5) is 5.69 Å². The Hall–Kier alpha value is -0.770. The molecule has 2 N–H and O–H groups in total. The van der Waals surface area contributed by atoms with Gasteiger partial charge in [-0.1, -0.05) is 17.7 Å². The molecule has 3 nitrogen and oxygen atoms in total. The summed E-state index contributed by atoms with van der Waals surface area (Å²) < 4.78 is 0. The minimum Gasteiger partial charge on any atom is -0.367 e. The summed E-state index contributed by atoms with van der Waals surface area (Å²) in [5, 5.41) is 0.811. The molecule has 1 saturated heterocycles. The van der Waals surface area contributed by atoms with Crippen molar-refractivity contribution in [3.05, 3.63) is 28.8 Å². The van der Waals surface area contributed by atoms with Crippen molar-refractivity contribution >= 4 is 17.3 Å². The molecular formula is C15H24ClN3. The molecule has 2 rings (SSSR count). The lowest BCUT2D eigenvalue weighted by molar-refractivity contribution is 0.372. The highest BCUT2D eigenvalue weighted by Crippen LogP contribution is 2.31. The van der Waals surface area contributed by atoms with Gasteiger partial charge >= 0.3 is 0 Å². The molecule has 1 heterocycles. The molecule has 0 radical (unpaired) electrons. The fraction of sp³-hybridized carbons (Fsp3) is 0.600. The molecule has 1 atom stereocenters. The van der Waals surface area contributed by atoms with E-state index in [0.29, 0.717) is 12.6 Å². The van der Waals surface area contributed by atoms with Crippen LogP contribution < -0.4 is 10.6 Å². The molecule has 1 fully saturated rings. The van der Waals surface area contributed by atoms with E-state index in [0.717, 1.165) is 24.5 Å². The lowest BCUT2D eigenvalue weighted by Gasteiger charge is -2.31. The molecule has 1 aromatic carbocycles. The molecule has 1 unspecified atom stereocenters. The Morgan fingerprint density at radius 2 is 2.21 bits per heavy atom. The van der Waals surface area contributed by atoms with E-state index in [2.05, 4.69) is 36.0 Å². The molecule has 1 aliphatic rings. The Balaban J connectivity index is 2.25. The summed E-state index contributed by atoms with van der Waals surface area (Å²) in [6, 6.07) is 6.77. The maximum Gasteiger partial charge on any atom is 0.0426 e. The number of hydrogen-bond acceptors (Lipinski definition) is 3. The third kappa shape index (κ3) is 3.62. The van der Waals surface area contributed by atoms with Crippen molar-refractivity contribution in [1.82, 2.24) is 4.90 Å². The van der Waals surface area contributed by atoms with E-state index in [4.69, 9.17) is 17.3 Å². The van der Waals surface area contributed by atoms with Gasteiger partial charge in [-0.2, -0.15) is 0 Å². The maximum absolute atomic E-state index is 6.18. The van der Waals surface area contributed by atoms with E-state index in [1.54, 1.807) is 0 Å². The average molecular weight is 282 g/mol. The molecule has 19 heavy (non-hydrogen) atoms. The lowest BCUT2D eigenvalue weighted by Crippen LogP contribution is -2.38. The summed E-state index contributed by atoms with van der Waals surface area (Å²) in [7, 11) is 4.27. The first kappa shape index (κ1) is 14.6. The van der Waals surface area contributed by atoms with E-state index >= 15 is 0 Å². The zero-order valence-electron chi connectivity index (χ0n) is 11.9. The molecule has 0 amide bonds. The van der Waals surface area contributed by atoms with E-state index in [1.165, 1.54) is 24.1 Å². The van der Waals surface area contributed by atoms with Crippen LogP contribution in [0.3, 0.4) is 0 Å². The van der Waals surface area contributed by atoms with Crippen LogP contribution in [0.25, 0.3) is 0 Å². The van der Waals surface area contributed by atoms with Crippen LogP contribution in [0.2, 0.25) is 5.02 Å². The largest absolute Gasteiger partial charge is 0.367 e. The van der Waals surface area contributed by atoms with Crippen molar-refractivity contribution in [1.29, 1.82) is 0 Å². The van der Waals surface area contributed by atoms with Gasteiger partial charge in [-0.05, 0) is 57.6 Å². The Labute approximate surface area is 121 Å². The van der Waals surface area contributed by atoms with Gasteiger partial charge in [-0.25, -0.2) is 0 Å². The molecule has 1 aromatic rings. The van der Waals surface area contributed by atoms with Crippen LogP contribution in [0.15, 0.2) is 18.2 Å². The van der Waals surface area contributed by atoms with Gasteiger partial charge in [0.1, 0.15) is 0 Å². The summed E-state index contributed by atoms with van der Waals surface area (Å²) in [4.78, 5) is 4.77. The van der Waals surface area contributed by atoms with Crippen LogP contribution >= 0.6 is 11.6 Å². The molecule has 1 aliphatic heterocycles. The van der Waals surface area contributed by atoms with E-state index in [9.17, 15) is 0 Å². The molecule has 106 valence electrons. The third-order valence-electron chi connectivity index (χ3n) is 3.72. The molecule has 0 spiro atoms. The summed E-state index contributed by atoms with van der Waals surface area (Å²) in [6.45, 7) is 2.89. The predicted molar refractivity (Wildman–Crippen MR) is 83.1 cm³/mol. The topological polar surface area (TPSA) is 32.5 Å². The van der Waals surface area contributed by atoms with Crippen molar-refractivity contribution in [2.45, 2.75) is 25.3 Å². The highest BCUT2D eigenvalue weighted by atomic mass is 35.5. The van der Waals surface area contributed by atoms with Gasteiger partial charge in [-0.3, -0.25) is 0 Å². The van der Waals surface area contributed by atoms with Crippen LogP contribution in [0, 0.1) is 0 Å². The molecule has 0 aromatic heterocycles. The summed E-state index contributed by atoms with van der Waals surface area (Å²) >= 11 is 6.18. The predicted octanol–water partition coefficient (Wildman–Crippen LogP) is 2.37. The Morgan fingerprint density at radius 1 is 1.42 bits per heavy atom. The quantitative estimate of drug-likeness (QED) is 0.899. The van der Waals surface area contributed by atoms with E-state index < -0.39 is 0 Å². The number of nitrogens with two attached hydrogens (primary N) is 1.